The van der Waals surface area contributed by atoms with Crippen molar-refractivity contribution in [1.29, 1.82) is 0 Å². The van der Waals surface area contributed by atoms with Crippen molar-refractivity contribution in [2.24, 2.45) is 0 Å². The molecule has 1 heterocycles. The summed E-state index contributed by atoms with van der Waals surface area (Å²) in [7, 11) is 0. The van der Waals surface area contributed by atoms with Gasteiger partial charge in [0.2, 0.25) is 0 Å². The average molecular weight is 408 g/mol. The number of ether oxygens (including phenoxy) is 1. The summed E-state index contributed by atoms with van der Waals surface area (Å²) in [6.07, 6.45) is -0.409. The Kier molecular flexibility index (Phi) is 6.01. The summed E-state index contributed by atoms with van der Waals surface area (Å²) < 4.78 is 5.27. The molecule has 1 aliphatic heterocycles. The van der Waals surface area contributed by atoms with E-state index in [1.54, 1.807) is 19.1 Å². The molecule has 0 fully saturated rings. The highest BCUT2D eigenvalue weighted by atomic mass is 16.5. The predicted molar refractivity (Wildman–Crippen MR) is 111 cm³/mol. The van der Waals surface area contributed by atoms with Gasteiger partial charge in [0.1, 0.15) is 0 Å². The Morgan fingerprint density at radius 2 is 1.70 bits per heavy atom. The number of rotatable bonds is 6. The number of nitrogens with zero attached hydrogens (tertiary/aromatic N) is 1. The molecular weight excluding hydrogens is 384 g/mol. The first-order chi connectivity index (χ1) is 14.2. The molecular formula is C23H24N2O5. The number of hydrogen-bond acceptors (Lipinski definition) is 5. The van der Waals surface area contributed by atoms with Gasteiger partial charge in [0.25, 0.3) is 17.7 Å². The first kappa shape index (κ1) is 21.2. The van der Waals surface area contributed by atoms with E-state index in [-0.39, 0.29) is 28.6 Å². The third-order valence-corrected chi connectivity index (χ3v) is 5.24. The Morgan fingerprint density at radius 1 is 1.03 bits per heavy atom. The van der Waals surface area contributed by atoms with Gasteiger partial charge in [-0.25, -0.2) is 4.79 Å². The van der Waals surface area contributed by atoms with E-state index in [4.69, 9.17) is 4.74 Å². The molecule has 2 aromatic rings. The van der Waals surface area contributed by atoms with Crippen molar-refractivity contribution in [3.8, 4) is 0 Å². The van der Waals surface area contributed by atoms with Crippen LogP contribution in [0.5, 0.6) is 0 Å². The van der Waals surface area contributed by atoms with Crippen LogP contribution in [0, 0.1) is 6.92 Å². The number of nitrogens with one attached hydrogen (secondary N) is 1. The van der Waals surface area contributed by atoms with E-state index in [0.29, 0.717) is 12.1 Å². The molecule has 1 aliphatic rings. The zero-order chi connectivity index (χ0) is 22.0. The SMILES string of the molecule is CC[C@H](C)N1C(=O)c2ccc(C(=O)O[C@H](C)C(=O)Nc3ccccc3C)cc2C1=O. The van der Waals surface area contributed by atoms with Gasteiger partial charge < -0.3 is 10.1 Å². The topological polar surface area (TPSA) is 92.8 Å². The predicted octanol–water partition coefficient (Wildman–Crippen LogP) is 3.57. The van der Waals surface area contributed by atoms with Crippen LogP contribution in [-0.4, -0.2) is 40.7 Å². The molecule has 0 unspecified atom stereocenters. The summed E-state index contributed by atoms with van der Waals surface area (Å²) >= 11 is 0. The molecule has 0 bridgehead atoms. The van der Waals surface area contributed by atoms with E-state index in [2.05, 4.69) is 5.32 Å². The maximum atomic E-state index is 12.6. The smallest absolute Gasteiger partial charge is 0.338 e. The van der Waals surface area contributed by atoms with Crippen molar-refractivity contribution in [3.05, 3.63) is 64.7 Å². The lowest BCUT2D eigenvalue weighted by atomic mass is 10.1. The second-order valence-corrected chi connectivity index (χ2v) is 7.35. The van der Waals surface area contributed by atoms with Crippen molar-refractivity contribution >= 4 is 29.4 Å². The van der Waals surface area contributed by atoms with Gasteiger partial charge in [-0.15, -0.1) is 0 Å². The largest absolute Gasteiger partial charge is 0.449 e. The summed E-state index contributed by atoms with van der Waals surface area (Å²) in [5.74, 6) is -2.00. The monoisotopic (exact) mass is 408 g/mol. The summed E-state index contributed by atoms with van der Waals surface area (Å²) in [5, 5.41) is 2.72. The van der Waals surface area contributed by atoms with Crippen LogP contribution in [0.25, 0.3) is 0 Å². The number of benzene rings is 2. The number of amides is 3. The normalized spacial score (nSPS) is 14.9. The van der Waals surface area contributed by atoms with Gasteiger partial charge in [-0.05, 0) is 57.0 Å². The van der Waals surface area contributed by atoms with Gasteiger partial charge in [0.05, 0.1) is 16.7 Å². The van der Waals surface area contributed by atoms with Crippen LogP contribution in [0.4, 0.5) is 5.69 Å². The lowest BCUT2D eigenvalue weighted by Gasteiger charge is -2.20. The fourth-order valence-corrected chi connectivity index (χ4v) is 3.20. The number of aryl methyl sites for hydroxylation is 1. The lowest BCUT2D eigenvalue weighted by Crippen LogP contribution is -2.37. The number of carbonyl (C=O) groups is 4. The van der Waals surface area contributed by atoms with Gasteiger partial charge in [-0.3, -0.25) is 19.3 Å². The standard InChI is InChI=1S/C23H24N2O5/c1-5-14(3)25-21(27)17-11-10-16(12-18(17)22(25)28)23(29)30-15(4)20(26)24-19-9-7-6-8-13(19)2/h6-12,14-15H,5H2,1-4H3,(H,24,26)/t14-,15+/m0/s1. The van der Waals surface area contributed by atoms with Crippen molar-refractivity contribution < 1.29 is 23.9 Å². The van der Waals surface area contributed by atoms with Gasteiger partial charge >= 0.3 is 5.97 Å². The molecule has 3 amide bonds. The summed E-state index contributed by atoms with van der Waals surface area (Å²) in [5.41, 5.74) is 2.07. The number of carbonyl (C=O) groups excluding carboxylic acids is 4. The maximum Gasteiger partial charge on any atom is 0.338 e. The zero-order valence-electron chi connectivity index (χ0n) is 17.4. The molecule has 7 heteroatoms. The van der Waals surface area contributed by atoms with Gasteiger partial charge in [0.15, 0.2) is 6.10 Å². The van der Waals surface area contributed by atoms with Crippen LogP contribution < -0.4 is 5.32 Å². The number of hydrogen-bond donors (Lipinski definition) is 1. The van der Waals surface area contributed by atoms with E-state index in [0.717, 1.165) is 5.56 Å². The average Bonchev–Trinajstić information content (AvgIpc) is 2.98. The fraction of sp³-hybridized carbons (Fsp3) is 0.304. The minimum atomic E-state index is -1.04. The molecule has 30 heavy (non-hydrogen) atoms. The molecule has 3 rings (SSSR count). The molecule has 156 valence electrons. The van der Waals surface area contributed by atoms with E-state index in [9.17, 15) is 19.2 Å². The number of fused-ring (bicyclic) bond motifs is 1. The van der Waals surface area contributed by atoms with Gasteiger partial charge in [-0.1, -0.05) is 25.1 Å². The van der Waals surface area contributed by atoms with E-state index < -0.39 is 23.9 Å². The second kappa shape index (κ2) is 8.49. The molecule has 2 aromatic carbocycles. The van der Waals surface area contributed by atoms with Crippen LogP contribution >= 0.6 is 0 Å². The van der Waals surface area contributed by atoms with Gasteiger partial charge in [0, 0.05) is 11.7 Å². The van der Waals surface area contributed by atoms with E-state index >= 15 is 0 Å². The van der Waals surface area contributed by atoms with Crippen LogP contribution in [0.1, 0.15) is 63.8 Å². The molecule has 0 saturated heterocycles. The van der Waals surface area contributed by atoms with Crippen LogP contribution in [0.15, 0.2) is 42.5 Å². The van der Waals surface area contributed by atoms with Crippen LogP contribution in [0.2, 0.25) is 0 Å². The Bertz CT molecular complexity index is 1030. The number of anilines is 1. The molecule has 7 nitrogen and oxygen atoms in total. The van der Waals surface area contributed by atoms with Crippen molar-refractivity contribution in [2.75, 3.05) is 5.32 Å². The Morgan fingerprint density at radius 3 is 2.37 bits per heavy atom. The van der Waals surface area contributed by atoms with Crippen molar-refractivity contribution in [3.63, 3.8) is 0 Å². The Hall–Kier alpha value is -3.48. The quantitative estimate of drug-likeness (QED) is 0.583. The molecule has 0 aromatic heterocycles. The fourth-order valence-electron chi connectivity index (χ4n) is 3.20. The molecule has 0 radical (unpaired) electrons. The van der Waals surface area contributed by atoms with Crippen LogP contribution in [-0.2, 0) is 9.53 Å². The summed E-state index contributed by atoms with van der Waals surface area (Å²) in [6, 6.07) is 11.3. The Labute approximate surface area is 175 Å². The second-order valence-electron chi connectivity index (χ2n) is 7.35. The first-order valence-electron chi connectivity index (χ1n) is 9.84. The third kappa shape index (κ3) is 3.96. The highest BCUT2D eigenvalue weighted by Gasteiger charge is 2.38. The number of para-hydroxylation sites is 1. The van der Waals surface area contributed by atoms with Crippen molar-refractivity contribution in [2.45, 2.75) is 46.3 Å². The minimum absolute atomic E-state index is 0.108. The summed E-state index contributed by atoms with van der Waals surface area (Å²) in [6.45, 7) is 7.02. The first-order valence-corrected chi connectivity index (χ1v) is 9.84. The highest BCUT2D eigenvalue weighted by molar-refractivity contribution is 6.22. The van der Waals surface area contributed by atoms with Crippen LogP contribution in [0.3, 0.4) is 0 Å². The highest BCUT2D eigenvalue weighted by Crippen LogP contribution is 2.27. The minimum Gasteiger partial charge on any atom is -0.449 e. The maximum absolute atomic E-state index is 12.6. The van der Waals surface area contributed by atoms with Gasteiger partial charge in [-0.2, -0.15) is 0 Å². The van der Waals surface area contributed by atoms with E-state index in [1.807, 2.05) is 26.0 Å². The molecule has 0 saturated carbocycles. The van der Waals surface area contributed by atoms with Crippen molar-refractivity contribution in [1.82, 2.24) is 4.90 Å². The number of imide groups is 1. The zero-order valence-corrected chi connectivity index (χ0v) is 17.4. The third-order valence-electron chi connectivity index (χ3n) is 5.24. The lowest BCUT2D eigenvalue weighted by molar-refractivity contribution is -0.123. The molecule has 1 N–H and O–H groups in total. The Balaban J connectivity index is 1.72. The molecule has 2 atom stereocenters. The molecule has 0 spiro atoms. The molecule has 0 aliphatic carbocycles. The summed E-state index contributed by atoms with van der Waals surface area (Å²) in [4.78, 5) is 51.2. The number of esters is 1. The van der Waals surface area contributed by atoms with E-state index in [1.165, 1.54) is 30.0 Å².